The number of rotatable bonds is 3. The van der Waals surface area contributed by atoms with Crippen molar-refractivity contribution in [1.29, 1.82) is 0 Å². The highest BCUT2D eigenvalue weighted by molar-refractivity contribution is 5.77. The summed E-state index contributed by atoms with van der Waals surface area (Å²) in [5, 5.41) is 3.36. The van der Waals surface area contributed by atoms with Gasteiger partial charge in [-0.3, -0.25) is 4.79 Å². The van der Waals surface area contributed by atoms with Crippen molar-refractivity contribution in [3.8, 4) is 0 Å². The molecule has 3 nitrogen and oxygen atoms in total. The second-order valence-electron chi connectivity index (χ2n) is 8.39. The van der Waals surface area contributed by atoms with Gasteiger partial charge in [0.1, 0.15) is 0 Å². The van der Waals surface area contributed by atoms with Gasteiger partial charge in [0, 0.05) is 18.5 Å². The first-order chi connectivity index (χ1) is 8.68. The lowest BCUT2D eigenvalue weighted by molar-refractivity contribution is -0.127. The molecule has 0 spiro atoms. The standard InChI is InChI=1S/C16H30N2O/c1-12-7-15(4)9-14(2,3)10-16(8-12,11-15)18-13(19)5-6-17/h12H,5-11,17H2,1-4H3,(H,18,19). The number of carbonyl (C=O) groups excluding carboxylic acids is 1. The van der Waals surface area contributed by atoms with Crippen LogP contribution in [0.15, 0.2) is 0 Å². The van der Waals surface area contributed by atoms with Gasteiger partial charge in [-0.1, -0.05) is 27.7 Å². The van der Waals surface area contributed by atoms with Crippen LogP contribution in [0.4, 0.5) is 0 Å². The Morgan fingerprint density at radius 3 is 2.53 bits per heavy atom. The number of hydrogen-bond acceptors (Lipinski definition) is 2. The Morgan fingerprint density at radius 1 is 1.21 bits per heavy atom. The van der Waals surface area contributed by atoms with E-state index in [-0.39, 0.29) is 11.4 Å². The van der Waals surface area contributed by atoms with Gasteiger partial charge in [-0.2, -0.15) is 0 Å². The van der Waals surface area contributed by atoms with E-state index in [4.69, 9.17) is 5.73 Å². The van der Waals surface area contributed by atoms with Gasteiger partial charge in [0.25, 0.3) is 0 Å². The van der Waals surface area contributed by atoms with Crippen molar-refractivity contribution >= 4 is 5.91 Å². The molecule has 1 amide bonds. The van der Waals surface area contributed by atoms with Crippen LogP contribution in [-0.4, -0.2) is 18.0 Å². The molecule has 2 aliphatic rings. The maximum atomic E-state index is 12.0. The minimum Gasteiger partial charge on any atom is -0.351 e. The third kappa shape index (κ3) is 3.31. The summed E-state index contributed by atoms with van der Waals surface area (Å²) in [6.07, 6.45) is 6.40. The highest BCUT2D eigenvalue weighted by Crippen LogP contribution is 2.58. The molecule has 0 aromatic carbocycles. The average molecular weight is 266 g/mol. The smallest absolute Gasteiger partial charge is 0.221 e. The fraction of sp³-hybridized carbons (Fsp3) is 0.938. The number of nitrogens with one attached hydrogen (secondary N) is 1. The van der Waals surface area contributed by atoms with Gasteiger partial charge in [0.05, 0.1) is 0 Å². The van der Waals surface area contributed by atoms with Crippen LogP contribution < -0.4 is 11.1 Å². The van der Waals surface area contributed by atoms with E-state index in [2.05, 4.69) is 33.0 Å². The molecule has 2 saturated carbocycles. The summed E-state index contributed by atoms with van der Waals surface area (Å²) in [5.41, 5.74) is 6.23. The summed E-state index contributed by atoms with van der Waals surface area (Å²) in [6, 6.07) is 0. The van der Waals surface area contributed by atoms with E-state index >= 15 is 0 Å². The summed E-state index contributed by atoms with van der Waals surface area (Å²) in [6.45, 7) is 9.89. The molecule has 0 aromatic rings. The first kappa shape index (κ1) is 14.8. The molecule has 0 saturated heterocycles. The van der Waals surface area contributed by atoms with Crippen LogP contribution in [-0.2, 0) is 4.79 Å². The molecule has 0 heterocycles. The number of nitrogens with two attached hydrogens (primary N) is 1. The monoisotopic (exact) mass is 266 g/mol. The van der Waals surface area contributed by atoms with E-state index in [9.17, 15) is 4.79 Å². The van der Waals surface area contributed by atoms with Crippen LogP contribution in [0.3, 0.4) is 0 Å². The SMILES string of the molecule is CC1CC2(C)CC(C)(C)CC(NC(=O)CCN)(C1)C2. The van der Waals surface area contributed by atoms with Crippen LogP contribution in [0.5, 0.6) is 0 Å². The fourth-order valence-corrected chi connectivity index (χ4v) is 5.57. The summed E-state index contributed by atoms with van der Waals surface area (Å²) in [4.78, 5) is 12.0. The quantitative estimate of drug-likeness (QED) is 0.825. The summed E-state index contributed by atoms with van der Waals surface area (Å²) >= 11 is 0. The van der Waals surface area contributed by atoms with Crippen molar-refractivity contribution in [2.45, 2.75) is 71.8 Å². The Bertz CT molecular complexity index is 362. The van der Waals surface area contributed by atoms with E-state index in [0.29, 0.717) is 29.7 Å². The third-order valence-corrected chi connectivity index (χ3v) is 4.84. The van der Waals surface area contributed by atoms with Crippen LogP contribution in [0.1, 0.15) is 66.2 Å². The predicted molar refractivity (Wildman–Crippen MR) is 78.7 cm³/mol. The molecule has 2 bridgehead atoms. The summed E-state index contributed by atoms with van der Waals surface area (Å²) < 4.78 is 0. The highest BCUT2D eigenvalue weighted by Gasteiger charge is 2.53. The van der Waals surface area contributed by atoms with E-state index in [0.717, 1.165) is 19.3 Å². The Balaban J connectivity index is 2.22. The second kappa shape index (κ2) is 4.76. The maximum Gasteiger partial charge on any atom is 0.221 e. The van der Waals surface area contributed by atoms with E-state index in [1.807, 2.05) is 0 Å². The van der Waals surface area contributed by atoms with Crippen molar-refractivity contribution in [2.24, 2.45) is 22.5 Å². The summed E-state index contributed by atoms with van der Waals surface area (Å²) in [7, 11) is 0. The van der Waals surface area contributed by atoms with Crippen molar-refractivity contribution in [2.75, 3.05) is 6.54 Å². The minimum absolute atomic E-state index is 0.0143. The number of fused-ring (bicyclic) bond motifs is 2. The molecule has 2 fully saturated rings. The van der Waals surface area contributed by atoms with Gasteiger partial charge in [0.15, 0.2) is 0 Å². The zero-order chi connectivity index (χ0) is 14.3. The minimum atomic E-state index is 0.0143. The second-order valence-corrected chi connectivity index (χ2v) is 8.39. The molecular weight excluding hydrogens is 236 g/mol. The molecule has 2 aliphatic carbocycles. The highest BCUT2D eigenvalue weighted by atomic mass is 16.1. The zero-order valence-electron chi connectivity index (χ0n) is 13.0. The van der Waals surface area contributed by atoms with Gasteiger partial charge >= 0.3 is 0 Å². The van der Waals surface area contributed by atoms with Gasteiger partial charge in [-0.05, 0) is 48.9 Å². The van der Waals surface area contributed by atoms with Crippen LogP contribution >= 0.6 is 0 Å². The Kier molecular flexibility index (Phi) is 3.72. The largest absolute Gasteiger partial charge is 0.351 e. The van der Waals surface area contributed by atoms with Gasteiger partial charge in [-0.25, -0.2) is 0 Å². The van der Waals surface area contributed by atoms with Gasteiger partial charge < -0.3 is 11.1 Å². The average Bonchev–Trinajstić information content (AvgIpc) is 2.09. The van der Waals surface area contributed by atoms with Crippen molar-refractivity contribution in [3.05, 3.63) is 0 Å². The Morgan fingerprint density at radius 2 is 1.89 bits per heavy atom. The van der Waals surface area contributed by atoms with Crippen molar-refractivity contribution < 1.29 is 4.79 Å². The van der Waals surface area contributed by atoms with Crippen LogP contribution in [0, 0.1) is 16.7 Å². The number of hydrogen-bond donors (Lipinski definition) is 2. The zero-order valence-corrected chi connectivity index (χ0v) is 13.0. The third-order valence-electron chi connectivity index (χ3n) is 4.84. The lowest BCUT2D eigenvalue weighted by atomic mass is 9.50. The molecule has 3 unspecified atom stereocenters. The first-order valence-corrected chi connectivity index (χ1v) is 7.69. The molecule has 0 aromatic heterocycles. The predicted octanol–water partition coefficient (Wildman–Crippen LogP) is 2.84. The van der Waals surface area contributed by atoms with Gasteiger partial charge in [0.2, 0.25) is 5.91 Å². The summed E-state index contributed by atoms with van der Waals surface area (Å²) in [5.74, 6) is 0.838. The number of amides is 1. The molecule has 19 heavy (non-hydrogen) atoms. The van der Waals surface area contributed by atoms with Crippen molar-refractivity contribution in [1.82, 2.24) is 5.32 Å². The van der Waals surface area contributed by atoms with Gasteiger partial charge in [-0.15, -0.1) is 0 Å². The lowest BCUT2D eigenvalue weighted by Crippen LogP contribution is -2.60. The fourth-order valence-electron chi connectivity index (χ4n) is 5.57. The Labute approximate surface area is 117 Å². The van der Waals surface area contributed by atoms with E-state index in [1.165, 1.54) is 12.8 Å². The molecule has 3 N–H and O–H groups in total. The molecule has 3 heteroatoms. The normalized spacial score (nSPS) is 40.8. The van der Waals surface area contributed by atoms with Crippen LogP contribution in [0.25, 0.3) is 0 Å². The van der Waals surface area contributed by atoms with E-state index < -0.39 is 0 Å². The number of carbonyl (C=O) groups is 1. The maximum absolute atomic E-state index is 12.0. The van der Waals surface area contributed by atoms with Crippen molar-refractivity contribution in [3.63, 3.8) is 0 Å². The topological polar surface area (TPSA) is 55.1 Å². The molecule has 3 atom stereocenters. The molecule has 0 aliphatic heterocycles. The molecule has 110 valence electrons. The van der Waals surface area contributed by atoms with Crippen LogP contribution in [0.2, 0.25) is 0 Å². The molecule has 0 radical (unpaired) electrons. The lowest BCUT2D eigenvalue weighted by Gasteiger charge is -2.58. The first-order valence-electron chi connectivity index (χ1n) is 7.69. The molecule has 2 rings (SSSR count). The van der Waals surface area contributed by atoms with E-state index in [1.54, 1.807) is 0 Å². The molecular formula is C16H30N2O. The Hall–Kier alpha value is -0.570.